The van der Waals surface area contributed by atoms with Crippen molar-refractivity contribution in [2.24, 2.45) is 0 Å². The van der Waals surface area contributed by atoms with Crippen LogP contribution in [0.4, 0.5) is 14.5 Å². The minimum Gasteiger partial charge on any atom is -0.489 e. The second-order valence-electron chi connectivity index (χ2n) is 3.61. The van der Waals surface area contributed by atoms with Crippen molar-refractivity contribution in [2.45, 2.75) is 6.61 Å². The summed E-state index contributed by atoms with van der Waals surface area (Å²) in [5.74, 6) is -1.51. The van der Waals surface area contributed by atoms with Crippen LogP contribution >= 0.6 is 0 Å². The molecule has 2 nitrogen and oxygen atoms in total. The molecule has 0 unspecified atom stereocenters. The lowest BCUT2D eigenvalue weighted by Crippen LogP contribution is -1.96. The molecule has 0 fully saturated rings. The number of hydrogen-bond acceptors (Lipinski definition) is 2. The van der Waals surface area contributed by atoms with E-state index in [9.17, 15) is 8.78 Å². The number of anilines is 1. The van der Waals surface area contributed by atoms with E-state index in [0.717, 1.165) is 17.7 Å². The summed E-state index contributed by atoms with van der Waals surface area (Å²) in [5.41, 5.74) is 7.11. The smallest absolute Gasteiger partial charge is 0.162 e. The van der Waals surface area contributed by atoms with Gasteiger partial charge in [-0.1, -0.05) is 12.1 Å². The molecule has 0 radical (unpaired) electrons. The van der Waals surface area contributed by atoms with Gasteiger partial charge in [-0.3, -0.25) is 0 Å². The summed E-state index contributed by atoms with van der Waals surface area (Å²) >= 11 is 0. The third kappa shape index (κ3) is 2.93. The van der Waals surface area contributed by atoms with E-state index in [1.54, 1.807) is 12.1 Å². The molecule has 0 saturated heterocycles. The Bertz CT molecular complexity index is 511. The normalized spacial score (nSPS) is 10.2. The van der Waals surface area contributed by atoms with Crippen LogP contribution < -0.4 is 10.5 Å². The summed E-state index contributed by atoms with van der Waals surface area (Å²) in [6.45, 7) is 0.283. The molecule has 2 aromatic carbocycles. The van der Waals surface area contributed by atoms with Gasteiger partial charge in [0, 0.05) is 11.8 Å². The third-order valence-electron chi connectivity index (χ3n) is 2.28. The lowest BCUT2D eigenvalue weighted by Gasteiger charge is -2.06. The van der Waals surface area contributed by atoms with Gasteiger partial charge in [-0.25, -0.2) is 8.78 Å². The molecule has 88 valence electrons. The van der Waals surface area contributed by atoms with Crippen LogP contribution in [0.15, 0.2) is 42.5 Å². The Morgan fingerprint density at radius 3 is 2.29 bits per heavy atom. The van der Waals surface area contributed by atoms with Crippen molar-refractivity contribution in [1.82, 2.24) is 0 Å². The zero-order valence-corrected chi connectivity index (χ0v) is 8.99. The first kappa shape index (κ1) is 11.4. The molecular weight excluding hydrogens is 224 g/mol. The minimum atomic E-state index is -0.917. The summed E-state index contributed by atoms with van der Waals surface area (Å²) in [4.78, 5) is 0. The van der Waals surface area contributed by atoms with E-state index in [-0.39, 0.29) is 6.61 Å². The molecule has 0 aliphatic heterocycles. The number of nitrogen functional groups attached to an aromatic ring is 1. The molecule has 2 N–H and O–H groups in total. The van der Waals surface area contributed by atoms with Crippen molar-refractivity contribution < 1.29 is 13.5 Å². The predicted molar refractivity (Wildman–Crippen MR) is 61.5 cm³/mol. The van der Waals surface area contributed by atoms with E-state index in [1.165, 1.54) is 6.07 Å². The van der Waals surface area contributed by atoms with E-state index in [2.05, 4.69) is 0 Å². The second-order valence-corrected chi connectivity index (χ2v) is 3.61. The second kappa shape index (κ2) is 4.82. The number of halogens is 2. The van der Waals surface area contributed by atoms with Crippen LogP contribution in [0.5, 0.6) is 5.75 Å². The summed E-state index contributed by atoms with van der Waals surface area (Å²) in [6.07, 6.45) is 0. The summed E-state index contributed by atoms with van der Waals surface area (Å²) in [7, 11) is 0. The quantitative estimate of drug-likeness (QED) is 0.829. The zero-order valence-electron chi connectivity index (χ0n) is 8.99. The van der Waals surface area contributed by atoms with E-state index < -0.39 is 11.6 Å². The Balaban J connectivity index is 2.02. The monoisotopic (exact) mass is 235 g/mol. The SMILES string of the molecule is Nc1ccc(COc2ccc(F)c(F)c2)cc1. The number of benzene rings is 2. The van der Waals surface area contributed by atoms with Gasteiger partial charge in [0.05, 0.1) is 0 Å². The predicted octanol–water partition coefficient (Wildman–Crippen LogP) is 3.13. The lowest BCUT2D eigenvalue weighted by molar-refractivity contribution is 0.303. The van der Waals surface area contributed by atoms with Gasteiger partial charge >= 0.3 is 0 Å². The standard InChI is InChI=1S/C13H11F2NO/c14-12-6-5-11(7-13(12)15)17-8-9-1-3-10(16)4-2-9/h1-7H,8,16H2. The number of nitrogens with two attached hydrogens (primary N) is 1. The maximum absolute atomic E-state index is 12.9. The molecule has 0 amide bonds. The zero-order chi connectivity index (χ0) is 12.3. The van der Waals surface area contributed by atoms with Crippen molar-refractivity contribution in [3.8, 4) is 5.75 Å². The van der Waals surface area contributed by atoms with Crippen molar-refractivity contribution in [1.29, 1.82) is 0 Å². The van der Waals surface area contributed by atoms with Crippen molar-refractivity contribution in [3.63, 3.8) is 0 Å². The van der Waals surface area contributed by atoms with E-state index in [0.29, 0.717) is 11.4 Å². The molecule has 2 rings (SSSR count). The van der Waals surface area contributed by atoms with Crippen molar-refractivity contribution >= 4 is 5.69 Å². The van der Waals surface area contributed by atoms with Gasteiger partial charge < -0.3 is 10.5 Å². The van der Waals surface area contributed by atoms with Gasteiger partial charge in [0.2, 0.25) is 0 Å². The molecule has 0 atom stereocenters. The highest BCUT2D eigenvalue weighted by molar-refractivity contribution is 5.39. The largest absolute Gasteiger partial charge is 0.489 e. The van der Waals surface area contributed by atoms with E-state index in [4.69, 9.17) is 10.5 Å². The van der Waals surface area contributed by atoms with Crippen LogP contribution in [-0.2, 0) is 6.61 Å². The van der Waals surface area contributed by atoms with Gasteiger partial charge in [-0.2, -0.15) is 0 Å². The Kier molecular flexibility index (Phi) is 3.23. The number of rotatable bonds is 3. The fourth-order valence-corrected chi connectivity index (χ4v) is 1.35. The molecule has 0 aliphatic carbocycles. The van der Waals surface area contributed by atoms with Gasteiger partial charge in [-0.05, 0) is 29.8 Å². The molecule has 0 bridgehead atoms. The molecule has 0 saturated carbocycles. The molecule has 4 heteroatoms. The molecule has 0 aromatic heterocycles. The number of hydrogen-bond donors (Lipinski definition) is 1. The van der Waals surface area contributed by atoms with Gasteiger partial charge in [0.25, 0.3) is 0 Å². The Labute approximate surface area is 97.6 Å². The summed E-state index contributed by atoms with van der Waals surface area (Å²) in [6, 6.07) is 10.6. The van der Waals surface area contributed by atoms with Gasteiger partial charge in [-0.15, -0.1) is 0 Å². The topological polar surface area (TPSA) is 35.2 Å². The third-order valence-corrected chi connectivity index (χ3v) is 2.28. The maximum Gasteiger partial charge on any atom is 0.162 e. The Morgan fingerprint density at radius 2 is 1.65 bits per heavy atom. The molecule has 0 heterocycles. The van der Waals surface area contributed by atoms with Crippen LogP contribution in [0.3, 0.4) is 0 Å². The fraction of sp³-hybridized carbons (Fsp3) is 0.0769. The molecular formula is C13H11F2NO. The average Bonchev–Trinajstić information content (AvgIpc) is 2.33. The first-order valence-corrected chi connectivity index (χ1v) is 5.07. The molecule has 2 aromatic rings. The van der Waals surface area contributed by atoms with E-state index >= 15 is 0 Å². The van der Waals surface area contributed by atoms with Crippen molar-refractivity contribution in [2.75, 3.05) is 5.73 Å². The van der Waals surface area contributed by atoms with Crippen LogP contribution in [0.1, 0.15) is 5.56 Å². The van der Waals surface area contributed by atoms with Crippen LogP contribution in [0.2, 0.25) is 0 Å². The van der Waals surface area contributed by atoms with Crippen LogP contribution in [0, 0.1) is 11.6 Å². The average molecular weight is 235 g/mol. The molecule has 0 spiro atoms. The minimum absolute atomic E-state index is 0.283. The Morgan fingerprint density at radius 1 is 0.941 bits per heavy atom. The fourth-order valence-electron chi connectivity index (χ4n) is 1.35. The van der Waals surface area contributed by atoms with E-state index in [1.807, 2.05) is 12.1 Å². The summed E-state index contributed by atoms with van der Waals surface area (Å²) in [5, 5.41) is 0. The van der Waals surface area contributed by atoms with Gasteiger partial charge in [0.1, 0.15) is 12.4 Å². The van der Waals surface area contributed by atoms with Crippen LogP contribution in [-0.4, -0.2) is 0 Å². The Hall–Kier alpha value is -2.10. The van der Waals surface area contributed by atoms with Gasteiger partial charge in [0.15, 0.2) is 11.6 Å². The number of ether oxygens (including phenoxy) is 1. The first-order chi connectivity index (χ1) is 8.15. The maximum atomic E-state index is 12.9. The summed E-state index contributed by atoms with van der Waals surface area (Å²) < 4.78 is 30.9. The highest BCUT2D eigenvalue weighted by Gasteiger charge is 2.03. The highest BCUT2D eigenvalue weighted by Crippen LogP contribution is 2.17. The molecule has 17 heavy (non-hydrogen) atoms. The van der Waals surface area contributed by atoms with Crippen LogP contribution in [0.25, 0.3) is 0 Å². The molecule has 0 aliphatic rings. The van der Waals surface area contributed by atoms with Crippen molar-refractivity contribution in [3.05, 3.63) is 59.7 Å². The first-order valence-electron chi connectivity index (χ1n) is 5.07. The lowest BCUT2D eigenvalue weighted by atomic mass is 10.2. The highest BCUT2D eigenvalue weighted by atomic mass is 19.2.